The van der Waals surface area contributed by atoms with Crippen molar-refractivity contribution in [3.8, 4) is 0 Å². The molecule has 1 aliphatic heterocycles. The molecule has 0 spiro atoms. The van der Waals surface area contributed by atoms with Gasteiger partial charge in [0.15, 0.2) is 0 Å². The summed E-state index contributed by atoms with van der Waals surface area (Å²) in [4.78, 5) is 14.3. The normalized spacial score (nSPS) is 24.6. The van der Waals surface area contributed by atoms with Crippen molar-refractivity contribution in [1.82, 2.24) is 20.0 Å². The van der Waals surface area contributed by atoms with Crippen LogP contribution in [0.15, 0.2) is 18.5 Å². The molecule has 6 nitrogen and oxygen atoms in total. The number of amides is 1. The van der Waals surface area contributed by atoms with Crippen molar-refractivity contribution < 1.29 is 9.53 Å². The Balaban J connectivity index is 1.76. The standard InChI is InChI=1S/C14H24N4O2/c1-11-9-17(10-12(2)20-11)14(19)13(3)15-6-8-18-7-4-5-16-18/h4-5,7,11-13,15H,6,8-10H2,1-3H3/t11-,12-,13-/m1/s1. The Morgan fingerprint density at radius 2 is 2.15 bits per heavy atom. The van der Waals surface area contributed by atoms with Crippen LogP contribution in [-0.4, -0.2) is 58.5 Å². The predicted octanol–water partition coefficient (Wildman–Crippen LogP) is 0.497. The van der Waals surface area contributed by atoms with E-state index in [-0.39, 0.29) is 24.2 Å². The van der Waals surface area contributed by atoms with E-state index < -0.39 is 0 Å². The number of aromatic nitrogens is 2. The van der Waals surface area contributed by atoms with Crippen LogP contribution in [0.2, 0.25) is 0 Å². The average molecular weight is 280 g/mol. The molecule has 112 valence electrons. The molecular formula is C14H24N4O2. The van der Waals surface area contributed by atoms with Crippen molar-refractivity contribution >= 4 is 5.91 Å². The van der Waals surface area contributed by atoms with Gasteiger partial charge in [0.2, 0.25) is 5.91 Å². The lowest BCUT2D eigenvalue weighted by molar-refractivity contribution is -0.144. The number of nitrogens with one attached hydrogen (secondary N) is 1. The fourth-order valence-corrected chi connectivity index (χ4v) is 2.55. The summed E-state index contributed by atoms with van der Waals surface area (Å²) in [5.74, 6) is 0.146. The first-order valence-electron chi connectivity index (χ1n) is 7.21. The molecule has 1 aromatic rings. The number of carbonyl (C=O) groups excluding carboxylic acids is 1. The monoisotopic (exact) mass is 280 g/mol. The molecule has 1 fully saturated rings. The second kappa shape index (κ2) is 6.85. The molecule has 0 saturated carbocycles. The van der Waals surface area contributed by atoms with Gasteiger partial charge in [0, 0.05) is 32.0 Å². The van der Waals surface area contributed by atoms with Gasteiger partial charge in [-0.15, -0.1) is 0 Å². The molecule has 2 heterocycles. The van der Waals surface area contributed by atoms with Crippen LogP contribution >= 0.6 is 0 Å². The van der Waals surface area contributed by atoms with E-state index in [0.29, 0.717) is 13.1 Å². The molecule has 3 atom stereocenters. The van der Waals surface area contributed by atoms with Gasteiger partial charge < -0.3 is 15.0 Å². The third-order valence-corrected chi connectivity index (χ3v) is 3.45. The molecule has 6 heteroatoms. The number of carbonyl (C=O) groups is 1. The Morgan fingerprint density at radius 1 is 1.45 bits per heavy atom. The highest BCUT2D eigenvalue weighted by atomic mass is 16.5. The van der Waals surface area contributed by atoms with Gasteiger partial charge in [-0.3, -0.25) is 9.48 Å². The number of hydrogen-bond acceptors (Lipinski definition) is 4. The Bertz CT molecular complexity index is 411. The smallest absolute Gasteiger partial charge is 0.239 e. The molecule has 20 heavy (non-hydrogen) atoms. The third-order valence-electron chi connectivity index (χ3n) is 3.45. The van der Waals surface area contributed by atoms with Gasteiger partial charge in [-0.05, 0) is 26.8 Å². The van der Waals surface area contributed by atoms with Crippen LogP contribution < -0.4 is 5.32 Å². The summed E-state index contributed by atoms with van der Waals surface area (Å²) in [5, 5.41) is 7.39. The van der Waals surface area contributed by atoms with Crippen molar-refractivity contribution in [3.63, 3.8) is 0 Å². The predicted molar refractivity (Wildman–Crippen MR) is 76.3 cm³/mol. The molecule has 2 rings (SSSR count). The summed E-state index contributed by atoms with van der Waals surface area (Å²) in [6.07, 6.45) is 3.89. The van der Waals surface area contributed by atoms with Crippen LogP contribution in [0.4, 0.5) is 0 Å². The molecule has 1 aliphatic rings. The van der Waals surface area contributed by atoms with Gasteiger partial charge in [-0.2, -0.15) is 5.10 Å². The number of nitrogens with zero attached hydrogens (tertiary/aromatic N) is 3. The number of ether oxygens (including phenoxy) is 1. The van der Waals surface area contributed by atoms with Crippen molar-refractivity contribution in [2.24, 2.45) is 0 Å². The van der Waals surface area contributed by atoms with Crippen LogP contribution in [-0.2, 0) is 16.1 Å². The topological polar surface area (TPSA) is 59.4 Å². The lowest BCUT2D eigenvalue weighted by Crippen LogP contribution is -2.53. The quantitative estimate of drug-likeness (QED) is 0.853. The number of morpholine rings is 1. The Kier molecular flexibility index (Phi) is 5.14. The van der Waals surface area contributed by atoms with Crippen LogP contribution in [0.25, 0.3) is 0 Å². The van der Waals surface area contributed by atoms with Crippen molar-refractivity contribution in [2.75, 3.05) is 19.6 Å². The fourth-order valence-electron chi connectivity index (χ4n) is 2.55. The first kappa shape index (κ1) is 15.0. The second-order valence-electron chi connectivity index (χ2n) is 5.45. The third kappa shape index (κ3) is 4.05. The largest absolute Gasteiger partial charge is 0.372 e. The molecule has 0 radical (unpaired) electrons. The lowest BCUT2D eigenvalue weighted by atomic mass is 10.2. The number of hydrogen-bond donors (Lipinski definition) is 1. The molecular weight excluding hydrogens is 256 g/mol. The van der Waals surface area contributed by atoms with E-state index in [4.69, 9.17) is 4.74 Å². The van der Waals surface area contributed by atoms with E-state index in [1.54, 1.807) is 6.20 Å². The van der Waals surface area contributed by atoms with E-state index >= 15 is 0 Å². The van der Waals surface area contributed by atoms with Gasteiger partial charge >= 0.3 is 0 Å². The summed E-state index contributed by atoms with van der Waals surface area (Å²) < 4.78 is 7.50. The van der Waals surface area contributed by atoms with Gasteiger partial charge in [0.05, 0.1) is 24.8 Å². The zero-order valence-electron chi connectivity index (χ0n) is 12.5. The minimum atomic E-state index is -0.178. The van der Waals surface area contributed by atoms with Crippen LogP contribution in [0.1, 0.15) is 20.8 Å². The maximum absolute atomic E-state index is 12.4. The Labute approximate surface area is 120 Å². The van der Waals surface area contributed by atoms with Crippen molar-refractivity contribution in [2.45, 2.75) is 45.6 Å². The van der Waals surface area contributed by atoms with E-state index in [1.807, 2.05) is 42.6 Å². The maximum Gasteiger partial charge on any atom is 0.239 e. The zero-order valence-corrected chi connectivity index (χ0v) is 12.5. The van der Waals surface area contributed by atoms with Gasteiger partial charge in [0.25, 0.3) is 0 Å². The summed E-state index contributed by atoms with van der Waals surface area (Å²) in [5.41, 5.74) is 0. The first-order valence-corrected chi connectivity index (χ1v) is 7.21. The average Bonchev–Trinajstić information content (AvgIpc) is 2.89. The van der Waals surface area contributed by atoms with Crippen molar-refractivity contribution in [3.05, 3.63) is 18.5 Å². The van der Waals surface area contributed by atoms with Crippen LogP contribution in [0.3, 0.4) is 0 Å². The number of rotatable bonds is 5. The summed E-state index contributed by atoms with van der Waals surface area (Å²) in [6.45, 7) is 8.76. The molecule has 0 aromatic carbocycles. The Hall–Kier alpha value is -1.40. The molecule has 1 aromatic heterocycles. The van der Waals surface area contributed by atoms with Gasteiger partial charge in [0.1, 0.15) is 0 Å². The highest BCUT2D eigenvalue weighted by Gasteiger charge is 2.28. The lowest BCUT2D eigenvalue weighted by Gasteiger charge is -2.36. The maximum atomic E-state index is 12.4. The summed E-state index contributed by atoms with van der Waals surface area (Å²) in [6, 6.07) is 1.72. The summed E-state index contributed by atoms with van der Waals surface area (Å²) in [7, 11) is 0. The van der Waals surface area contributed by atoms with Gasteiger partial charge in [-0.1, -0.05) is 0 Å². The molecule has 0 aliphatic carbocycles. The van der Waals surface area contributed by atoms with Crippen LogP contribution in [0.5, 0.6) is 0 Å². The zero-order chi connectivity index (χ0) is 14.5. The van der Waals surface area contributed by atoms with E-state index in [1.165, 1.54) is 0 Å². The minimum absolute atomic E-state index is 0.110. The van der Waals surface area contributed by atoms with Crippen LogP contribution in [0, 0.1) is 0 Å². The minimum Gasteiger partial charge on any atom is -0.372 e. The summed E-state index contributed by atoms with van der Waals surface area (Å²) >= 11 is 0. The SMILES string of the molecule is C[C@@H]1CN(C(=O)[C@@H](C)NCCn2cccn2)C[C@@H](C)O1. The highest BCUT2D eigenvalue weighted by Crippen LogP contribution is 2.11. The van der Waals surface area contributed by atoms with Gasteiger partial charge in [-0.25, -0.2) is 0 Å². The van der Waals surface area contributed by atoms with E-state index in [0.717, 1.165) is 13.1 Å². The highest BCUT2D eigenvalue weighted by molar-refractivity contribution is 5.81. The Morgan fingerprint density at radius 3 is 2.75 bits per heavy atom. The van der Waals surface area contributed by atoms with E-state index in [2.05, 4.69) is 10.4 Å². The van der Waals surface area contributed by atoms with Crippen molar-refractivity contribution in [1.29, 1.82) is 0 Å². The molecule has 1 saturated heterocycles. The fraction of sp³-hybridized carbons (Fsp3) is 0.714. The van der Waals surface area contributed by atoms with E-state index in [9.17, 15) is 4.79 Å². The molecule has 1 amide bonds. The molecule has 0 unspecified atom stereocenters. The first-order chi connectivity index (χ1) is 9.56. The molecule has 1 N–H and O–H groups in total. The second-order valence-corrected chi connectivity index (χ2v) is 5.45. The molecule has 0 bridgehead atoms.